The Morgan fingerprint density at radius 3 is 2.18 bits per heavy atom. The molecule has 0 aromatic heterocycles. The lowest BCUT2D eigenvalue weighted by Crippen LogP contribution is -2.33. The first-order chi connectivity index (χ1) is 16.3. The number of hydrogen-bond donors (Lipinski definition) is 5. The molecule has 3 rings (SSSR count). The van der Waals surface area contributed by atoms with Crippen LogP contribution in [0.3, 0.4) is 0 Å². The number of nitrogens with one attached hydrogen (secondary N) is 2. The van der Waals surface area contributed by atoms with Gasteiger partial charge in [-0.05, 0) is 48.4 Å². The fourth-order valence-corrected chi connectivity index (χ4v) is 2.93. The number of carbonyl (C=O) groups is 2. The number of phenolic OH excluding ortho intramolecular Hbond substituents is 3. The van der Waals surface area contributed by atoms with E-state index in [2.05, 4.69) is 15.8 Å². The summed E-state index contributed by atoms with van der Waals surface area (Å²) in [5.74, 6) is -2.96. The Morgan fingerprint density at radius 2 is 1.50 bits per heavy atom. The molecule has 0 aliphatic rings. The third-order valence-electron chi connectivity index (χ3n) is 4.63. The summed E-state index contributed by atoms with van der Waals surface area (Å²) in [5.41, 5.74) is 4.30. The molecule has 8 nitrogen and oxygen atoms in total. The van der Waals surface area contributed by atoms with Crippen LogP contribution in [0.15, 0.2) is 95.2 Å². The Bertz CT molecular complexity index is 1270. The van der Waals surface area contributed by atoms with Gasteiger partial charge in [-0.15, -0.1) is 0 Å². The summed E-state index contributed by atoms with van der Waals surface area (Å²) >= 11 is 0. The molecule has 0 saturated carbocycles. The lowest BCUT2D eigenvalue weighted by atomic mass is 10.1. The third-order valence-corrected chi connectivity index (χ3v) is 4.63. The molecular formula is C26H23N3O5. The Hall–Kier alpha value is -4.85. The average molecular weight is 457 g/mol. The predicted molar refractivity (Wildman–Crippen MR) is 129 cm³/mol. The Morgan fingerprint density at radius 1 is 0.853 bits per heavy atom. The first-order valence-electron chi connectivity index (χ1n) is 10.2. The van der Waals surface area contributed by atoms with Gasteiger partial charge in [-0.1, -0.05) is 54.6 Å². The number of hydrazone groups is 1. The number of benzene rings is 3. The molecule has 0 bridgehead atoms. The van der Waals surface area contributed by atoms with E-state index in [9.17, 15) is 24.9 Å². The van der Waals surface area contributed by atoms with Gasteiger partial charge in [0.1, 0.15) is 5.70 Å². The van der Waals surface area contributed by atoms with Crippen molar-refractivity contribution in [2.45, 2.75) is 6.92 Å². The van der Waals surface area contributed by atoms with Gasteiger partial charge in [0.25, 0.3) is 11.8 Å². The highest BCUT2D eigenvalue weighted by atomic mass is 16.3. The van der Waals surface area contributed by atoms with Crippen molar-refractivity contribution in [1.82, 2.24) is 10.7 Å². The van der Waals surface area contributed by atoms with Crippen LogP contribution in [0.25, 0.3) is 6.08 Å². The van der Waals surface area contributed by atoms with Crippen LogP contribution in [-0.2, 0) is 4.79 Å². The summed E-state index contributed by atoms with van der Waals surface area (Å²) in [6.07, 6.45) is 4.46. The van der Waals surface area contributed by atoms with E-state index in [0.717, 1.165) is 11.8 Å². The monoisotopic (exact) mass is 457 g/mol. The van der Waals surface area contributed by atoms with Crippen LogP contribution in [0.5, 0.6) is 17.2 Å². The van der Waals surface area contributed by atoms with Crippen molar-refractivity contribution in [3.05, 3.63) is 107 Å². The zero-order valence-electron chi connectivity index (χ0n) is 18.3. The molecule has 0 atom stereocenters. The molecule has 0 spiro atoms. The summed E-state index contributed by atoms with van der Waals surface area (Å²) < 4.78 is 0. The smallest absolute Gasteiger partial charge is 0.287 e. The second kappa shape index (κ2) is 11.1. The van der Waals surface area contributed by atoms with Crippen molar-refractivity contribution in [3.63, 3.8) is 0 Å². The van der Waals surface area contributed by atoms with Gasteiger partial charge in [-0.25, -0.2) is 5.43 Å². The van der Waals surface area contributed by atoms with Crippen LogP contribution in [0, 0.1) is 0 Å². The van der Waals surface area contributed by atoms with Crippen molar-refractivity contribution >= 4 is 24.1 Å². The maximum absolute atomic E-state index is 12.8. The molecule has 172 valence electrons. The molecule has 3 aromatic rings. The Kier molecular flexibility index (Phi) is 7.80. The van der Waals surface area contributed by atoms with Crippen LogP contribution in [0.4, 0.5) is 0 Å². The Labute approximate surface area is 196 Å². The van der Waals surface area contributed by atoms with Gasteiger partial charge in [0.15, 0.2) is 11.5 Å². The van der Waals surface area contributed by atoms with E-state index in [1.54, 1.807) is 37.3 Å². The topological polar surface area (TPSA) is 131 Å². The van der Waals surface area contributed by atoms with Crippen molar-refractivity contribution in [3.8, 4) is 17.2 Å². The number of phenols is 3. The van der Waals surface area contributed by atoms with Crippen LogP contribution >= 0.6 is 0 Å². The molecule has 0 heterocycles. The predicted octanol–water partition coefficient (Wildman–Crippen LogP) is 3.67. The van der Waals surface area contributed by atoms with Crippen LogP contribution in [0.1, 0.15) is 28.4 Å². The quantitative estimate of drug-likeness (QED) is 0.121. The molecule has 5 N–H and O–H groups in total. The number of aromatic hydroxyl groups is 3. The highest BCUT2D eigenvalue weighted by Crippen LogP contribution is 2.36. The van der Waals surface area contributed by atoms with E-state index >= 15 is 0 Å². The molecule has 3 aromatic carbocycles. The average Bonchev–Trinajstić information content (AvgIpc) is 2.84. The second-order valence-corrected chi connectivity index (χ2v) is 7.25. The van der Waals surface area contributed by atoms with Gasteiger partial charge in [0.2, 0.25) is 5.75 Å². The molecule has 0 aliphatic carbocycles. The lowest BCUT2D eigenvalue weighted by Gasteiger charge is -2.09. The summed E-state index contributed by atoms with van der Waals surface area (Å²) in [6.45, 7) is 1.79. The highest BCUT2D eigenvalue weighted by Gasteiger charge is 2.15. The van der Waals surface area contributed by atoms with E-state index in [4.69, 9.17) is 0 Å². The van der Waals surface area contributed by atoms with Gasteiger partial charge >= 0.3 is 0 Å². The van der Waals surface area contributed by atoms with Gasteiger partial charge in [0.05, 0.1) is 6.21 Å². The van der Waals surface area contributed by atoms with E-state index < -0.39 is 29.1 Å². The van der Waals surface area contributed by atoms with Gasteiger partial charge in [-0.3, -0.25) is 9.59 Å². The summed E-state index contributed by atoms with van der Waals surface area (Å²) in [4.78, 5) is 25.4. The van der Waals surface area contributed by atoms with E-state index in [1.807, 2.05) is 36.4 Å². The summed E-state index contributed by atoms with van der Waals surface area (Å²) in [7, 11) is 0. The van der Waals surface area contributed by atoms with Gasteiger partial charge < -0.3 is 20.6 Å². The SMILES string of the molecule is CC(/C=C(\NC(=O)c1ccccc1)C(=O)N/N=C/c1ccc(O)c(O)c1O)=C\c1ccccc1. The molecule has 0 fully saturated rings. The maximum Gasteiger partial charge on any atom is 0.287 e. The molecule has 34 heavy (non-hydrogen) atoms. The minimum absolute atomic E-state index is 0.0477. The van der Waals surface area contributed by atoms with Crippen molar-refractivity contribution in [2.24, 2.45) is 5.10 Å². The molecule has 0 aliphatic heterocycles. The summed E-state index contributed by atoms with van der Waals surface area (Å²) in [6, 6.07) is 20.4. The largest absolute Gasteiger partial charge is 0.504 e. The van der Waals surface area contributed by atoms with E-state index in [1.165, 1.54) is 18.2 Å². The first-order valence-corrected chi connectivity index (χ1v) is 10.2. The summed E-state index contributed by atoms with van der Waals surface area (Å²) in [5, 5.41) is 35.2. The number of nitrogens with zero attached hydrogens (tertiary/aromatic N) is 1. The fourth-order valence-electron chi connectivity index (χ4n) is 2.93. The minimum atomic E-state index is -0.705. The standard InChI is InChI=1S/C26H23N3O5/c1-17(14-18-8-4-2-5-9-18)15-21(28-25(33)19-10-6-3-7-11-19)26(34)29-27-16-20-12-13-22(30)24(32)23(20)31/h2-16,30-32H,1H3,(H,28,33)(H,29,34)/b17-14+,21-15-,27-16+. The van der Waals surface area contributed by atoms with Gasteiger partial charge in [-0.2, -0.15) is 5.10 Å². The molecule has 0 radical (unpaired) electrons. The zero-order chi connectivity index (χ0) is 24.5. The number of hydrogen-bond acceptors (Lipinski definition) is 6. The molecule has 8 heteroatoms. The molecule has 0 unspecified atom stereocenters. The Balaban J connectivity index is 1.83. The number of rotatable bonds is 7. The maximum atomic E-state index is 12.8. The minimum Gasteiger partial charge on any atom is -0.504 e. The fraction of sp³-hybridized carbons (Fsp3) is 0.0385. The normalized spacial score (nSPS) is 11.9. The molecule has 2 amide bonds. The molecule has 0 saturated heterocycles. The molecular weight excluding hydrogens is 434 g/mol. The van der Waals surface area contributed by atoms with E-state index in [0.29, 0.717) is 11.1 Å². The third kappa shape index (κ3) is 6.33. The van der Waals surface area contributed by atoms with Crippen LogP contribution in [-0.4, -0.2) is 33.3 Å². The van der Waals surface area contributed by atoms with Crippen LogP contribution < -0.4 is 10.7 Å². The van der Waals surface area contributed by atoms with Crippen molar-refractivity contribution < 1.29 is 24.9 Å². The number of amides is 2. The first kappa shape index (κ1) is 23.8. The highest BCUT2D eigenvalue weighted by molar-refractivity contribution is 6.03. The van der Waals surface area contributed by atoms with Crippen molar-refractivity contribution in [2.75, 3.05) is 0 Å². The lowest BCUT2D eigenvalue weighted by molar-refractivity contribution is -0.117. The van der Waals surface area contributed by atoms with Gasteiger partial charge in [0, 0.05) is 11.1 Å². The van der Waals surface area contributed by atoms with Crippen LogP contribution in [0.2, 0.25) is 0 Å². The number of carbonyl (C=O) groups excluding carboxylic acids is 2. The zero-order valence-corrected chi connectivity index (χ0v) is 18.3. The second-order valence-electron chi connectivity index (χ2n) is 7.25. The van der Waals surface area contributed by atoms with Crippen molar-refractivity contribution in [1.29, 1.82) is 0 Å². The van der Waals surface area contributed by atoms with E-state index in [-0.39, 0.29) is 11.3 Å². The number of allylic oxidation sites excluding steroid dienone is 2.